The van der Waals surface area contributed by atoms with Crippen molar-refractivity contribution in [2.24, 2.45) is 11.8 Å². The molecule has 0 saturated carbocycles. The van der Waals surface area contributed by atoms with Gasteiger partial charge in [0.25, 0.3) is 0 Å². The van der Waals surface area contributed by atoms with Gasteiger partial charge in [-0.3, -0.25) is 9.59 Å². The largest absolute Gasteiger partial charge is 0.481 e. The molecule has 2 saturated heterocycles. The molecule has 0 aliphatic carbocycles. The van der Waals surface area contributed by atoms with Gasteiger partial charge in [0, 0.05) is 13.1 Å². The number of amides is 1. The Hall–Kier alpha value is -1.10. The minimum absolute atomic E-state index is 0.0903. The van der Waals surface area contributed by atoms with Crippen molar-refractivity contribution >= 4 is 11.9 Å². The van der Waals surface area contributed by atoms with Crippen LogP contribution >= 0.6 is 0 Å². The van der Waals surface area contributed by atoms with Gasteiger partial charge in [0.15, 0.2) is 0 Å². The molecule has 0 aromatic rings. The van der Waals surface area contributed by atoms with Crippen LogP contribution in [0.2, 0.25) is 0 Å². The van der Waals surface area contributed by atoms with Crippen LogP contribution < -0.4 is 5.32 Å². The highest BCUT2D eigenvalue weighted by Gasteiger charge is 2.33. The number of nitrogens with zero attached hydrogens (tertiary/aromatic N) is 1. The second kappa shape index (κ2) is 5.69. The van der Waals surface area contributed by atoms with Gasteiger partial charge < -0.3 is 15.3 Å². The van der Waals surface area contributed by atoms with Crippen LogP contribution in [0, 0.1) is 11.8 Å². The van der Waals surface area contributed by atoms with E-state index in [-0.39, 0.29) is 17.9 Å². The summed E-state index contributed by atoms with van der Waals surface area (Å²) in [4.78, 5) is 25.1. The van der Waals surface area contributed by atoms with E-state index < -0.39 is 5.97 Å². The Morgan fingerprint density at radius 1 is 1.33 bits per heavy atom. The van der Waals surface area contributed by atoms with Crippen LogP contribution in [0.3, 0.4) is 0 Å². The van der Waals surface area contributed by atoms with E-state index in [1.807, 2.05) is 0 Å². The SMILES string of the molecule is CC1CCNC(C(=O)N2CCC[C@H](C(=O)O)C2)C1. The Labute approximate surface area is 108 Å². The zero-order valence-electron chi connectivity index (χ0n) is 10.9. The summed E-state index contributed by atoms with van der Waals surface area (Å²) in [5.41, 5.74) is 0. The molecule has 102 valence electrons. The average molecular weight is 254 g/mol. The van der Waals surface area contributed by atoms with Crippen molar-refractivity contribution < 1.29 is 14.7 Å². The van der Waals surface area contributed by atoms with E-state index in [1.165, 1.54) is 0 Å². The standard InChI is InChI=1S/C13H22N2O3/c1-9-4-5-14-11(7-9)12(16)15-6-2-3-10(8-15)13(17)18/h9-11,14H,2-8H2,1H3,(H,17,18)/t9?,10-,11?/m0/s1. The first-order valence-electron chi connectivity index (χ1n) is 6.83. The number of likely N-dealkylation sites (tertiary alicyclic amines) is 1. The number of carbonyl (C=O) groups excluding carboxylic acids is 1. The third-order valence-electron chi connectivity index (χ3n) is 4.05. The number of carboxylic acid groups (broad SMARTS) is 1. The minimum Gasteiger partial charge on any atom is -0.481 e. The molecular formula is C13H22N2O3. The molecule has 2 aliphatic rings. The summed E-state index contributed by atoms with van der Waals surface area (Å²) < 4.78 is 0. The van der Waals surface area contributed by atoms with Crippen molar-refractivity contribution in [3.8, 4) is 0 Å². The first kappa shape index (κ1) is 13.3. The highest BCUT2D eigenvalue weighted by atomic mass is 16.4. The van der Waals surface area contributed by atoms with Crippen LogP contribution in [0.5, 0.6) is 0 Å². The summed E-state index contributed by atoms with van der Waals surface area (Å²) >= 11 is 0. The number of carboxylic acids is 1. The van der Waals surface area contributed by atoms with Gasteiger partial charge >= 0.3 is 5.97 Å². The Bertz CT molecular complexity index is 332. The lowest BCUT2D eigenvalue weighted by atomic mass is 9.92. The number of aliphatic carboxylic acids is 1. The van der Waals surface area contributed by atoms with Crippen molar-refractivity contribution in [2.75, 3.05) is 19.6 Å². The van der Waals surface area contributed by atoms with Gasteiger partial charge in [0.2, 0.25) is 5.91 Å². The van der Waals surface area contributed by atoms with Crippen LogP contribution in [-0.2, 0) is 9.59 Å². The van der Waals surface area contributed by atoms with E-state index in [9.17, 15) is 9.59 Å². The maximum atomic E-state index is 12.3. The van der Waals surface area contributed by atoms with E-state index in [4.69, 9.17) is 5.11 Å². The molecule has 18 heavy (non-hydrogen) atoms. The predicted molar refractivity (Wildman–Crippen MR) is 67.1 cm³/mol. The summed E-state index contributed by atoms with van der Waals surface area (Å²) in [5.74, 6) is -0.506. The lowest BCUT2D eigenvalue weighted by Crippen LogP contribution is -2.53. The molecule has 5 nitrogen and oxygen atoms in total. The first-order chi connectivity index (χ1) is 8.58. The maximum Gasteiger partial charge on any atom is 0.308 e. The maximum absolute atomic E-state index is 12.3. The summed E-state index contributed by atoms with van der Waals surface area (Å²) in [6, 6.07) is -0.110. The quantitative estimate of drug-likeness (QED) is 0.761. The fraction of sp³-hybridized carbons (Fsp3) is 0.846. The molecule has 0 radical (unpaired) electrons. The second-order valence-electron chi connectivity index (χ2n) is 5.60. The molecule has 0 bridgehead atoms. The molecule has 0 spiro atoms. The summed E-state index contributed by atoms with van der Waals surface area (Å²) in [6.07, 6.45) is 3.47. The number of piperidine rings is 2. The number of carbonyl (C=O) groups is 2. The van der Waals surface area contributed by atoms with Crippen LogP contribution in [0.1, 0.15) is 32.6 Å². The molecule has 5 heteroatoms. The van der Waals surface area contributed by atoms with Gasteiger partial charge in [-0.2, -0.15) is 0 Å². The Balaban J connectivity index is 1.93. The molecule has 1 amide bonds. The Morgan fingerprint density at radius 2 is 2.11 bits per heavy atom. The predicted octanol–water partition coefficient (Wildman–Crippen LogP) is 0.698. The molecular weight excluding hydrogens is 232 g/mol. The number of rotatable bonds is 2. The van der Waals surface area contributed by atoms with Gasteiger partial charge in [-0.15, -0.1) is 0 Å². The summed E-state index contributed by atoms with van der Waals surface area (Å²) in [6.45, 7) is 4.13. The molecule has 2 aliphatic heterocycles. The summed E-state index contributed by atoms with van der Waals surface area (Å²) in [5, 5.41) is 12.3. The molecule has 0 aromatic carbocycles. The lowest BCUT2D eigenvalue weighted by molar-refractivity contribution is -0.146. The third kappa shape index (κ3) is 3.02. The average Bonchev–Trinajstić information content (AvgIpc) is 2.38. The van der Waals surface area contributed by atoms with Crippen molar-refractivity contribution in [1.29, 1.82) is 0 Å². The normalized spacial score (nSPS) is 33.2. The third-order valence-corrected chi connectivity index (χ3v) is 4.05. The fourth-order valence-corrected chi connectivity index (χ4v) is 2.89. The van der Waals surface area contributed by atoms with E-state index in [0.29, 0.717) is 25.4 Å². The zero-order valence-corrected chi connectivity index (χ0v) is 10.9. The topological polar surface area (TPSA) is 69.6 Å². The number of hydrogen-bond donors (Lipinski definition) is 2. The Kier molecular flexibility index (Phi) is 4.22. The van der Waals surface area contributed by atoms with E-state index in [2.05, 4.69) is 12.2 Å². The smallest absolute Gasteiger partial charge is 0.308 e. The van der Waals surface area contributed by atoms with Crippen LogP contribution in [0.15, 0.2) is 0 Å². The van der Waals surface area contributed by atoms with Gasteiger partial charge in [-0.05, 0) is 38.1 Å². The van der Waals surface area contributed by atoms with Gasteiger partial charge in [-0.1, -0.05) is 6.92 Å². The second-order valence-corrected chi connectivity index (χ2v) is 5.60. The minimum atomic E-state index is -0.780. The molecule has 2 heterocycles. The van der Waals surface area contributed by atoms with Crippen molar-refractivity contribution in [2.45, 2.75) is 38.6 Å². The molecule has 0 aromatic heterocycles. The van der Waals surface area contributed by atoms with Gasteiger partial charge in [-0.25, -0.2) is 0 Å². The molecule has 2 N–H and O–H groups in total. The van der Waals surface area contributed by atoms with Crippen molar-refractivity contribution in [1.82, 2.24) is 10.2 Å². The van der Waals surface area contributed by atoms with Crippen LogP contribution in [-0.4, -0.2) is 47.6 Å². The monoisotopic (exact) mass is 254 g/mol. The van der Waals surface area contributed by atoms with E-state index >= 15 is 0 Å². The van der Waals surface area contributed by atoms with Crippen LogP contribution in [0.25, 0.3) is 0 Å². The van der Waals surface area contributed by atoms with E-state index in [1.54, 1.807) is 4.90 Å². The molecule has 3 atom stereocenters. The number of hydrogen-bond acceptors (Lipinski definition) is 3. The molecule has 2 fully saturated rings. The molecule has 2 unspecified atom stereocenters. The van der Waals surface area contributed by atoms with Crippen molar-refractivity contribution in [3.05, 3.63) is 0 Å². The highest BCUT2D eigenvalue weighted by Crippen LogP contribution is 2.21. The van der Waals surface area contributed by atoms with Gasteiger partial charge in [0.05, 0.1) is 12.0 Å². The first-order valence-corrected chi connectivity index (χ1v) is 6.83. The lowest BCUT2D eigenvalue weighted by Gasteiger charge is -2.36. The van der Waals surface area contributed by atoms with Crippen molar-refractivity contribution in [3.63, 3.8) is 0 Å². The number of nitrogens with one attached hydrogen (secondary N) is 1. The summed E-state index contributed by atoms with van der Waals surface area (Å²) in [7, 11) is 0. The van der Waals surface area contributed by atoms with Crippen LogP contribution in [0.4, 0.5) is 0 Å². The molecule has 2 rings (SSSR count). The van der Waals surface area contributed by atoms with E-state index in [0.717, 1.165) is 25.8 Å². The van der Waals surface area contributed by atoms with Gasteiger partial charge in [0.1, 0.15) is 0 Å². The Morgan fingerprint density at radius 3 is 2.78 bits per heavy atom. The fourth-order valence-electron chi connectivity index (χ4n) is 2.89. The zero-order chi connectivity index (χ0) is 13.1. The highest BCUT2D eigenvalue weighted by molar-refractivity contribution is 5.83.